The molecule has 0 aliphatic rings. The van der Waals surface area contributed by atoms with Crippen LogP contribution in [0.25, 0.3) is 22.2 Å². The fourth-order valence-electron chi connectivity index (χ4n) is 2.00. The van der Waals surface area contributed by atoms with Crippen molar-refractivity contribution < 1.29 is 9.21 Å². The lowest BCUT2D eigenvalue weighted by Crippen LogP contribution is -1.94. The highest BCUT2D eigenvalue weighted by Gasteiger charge is 2.09. The third-order valence-corrected chi connectivity index (χ3v) is 2.82. The maximum Gasteiger partial charge on any atom is 0.153 e. The first-order chi connectivity index (χ1) is 8.29. The van der Waals surface area contributed by atoms with Crippen LogP contribution in [0, 0.1) is 0 Å². The molecule has 0 amide bonds. The molecule has 0 bridgehead atoms. The molecule has 0 aliphatic heterocycles. The number of hydrogen-bond donors (Lipinski definition) is 0. The zero-order valence-electron chi connectivity index (χ0n) is 9.25. The van der Waals surface area contributed by atoms with E-state index in [1.807, 2.05) is 31.3 Å². The first kappa shape index (κ1) is 9.84. The maximum absolute atomic E-state index is 11.0. The van der Waals surface area contributed by atoms with E-state index in [-0.39, 0.29) is 0 Å². The van der Waals surface area contributed by atoms with Crippen LogP contribution in [0.3, 0.4) is 0 Å². The van der Waals surface area contributed by atoms with E-state index >= 15 is 0 Å². The van der Waals surface area contributed by atoms with Gasteiger partial charge in [-0.1, -0.05) is 0 Å². The summed E-state index contributed by atoms with van der Waals surface area (Å²) in [6.07, 6.45) is 4.13. The van der Waals surface area contributed by atoms with Crippen molar-refractivity contribution in [3.05, 3.63) is 42.3 Å². The Kier molecular flexibility index (Phi) is 2.08. The minimum Gasteiger partial charge on any atom is -0.464 e. The van der Waals surface area contributed by atoms with Gasteiger partial charge in [-0.15, -0.1) is 0 Å². The van der Waals surface area contributed by atoms with E-state index in [2.05, 4.69) is 5.10 Å². The first-order valence-corrected chi connectivity index (χ1v) is 5.24. The monoisotopic (exact) mass is 226 g/mol. The van der Waals surface area contributed by atoms with Gasteiger partial charge < -0.3 is 4.42 Å². The molecule has 0 aliphatic carbocycles. The molecular weight excluding hydrogens is 216 g/mol. The Morgan fingerprint density at radius 3 is 2.94 bits per heavy atom. The van der Waals surface area contributed by atoms with Gasteiger partial charge in [0.15, 0.2) is 6.29 Å². The van der Waals surface area contributed by atoms with Crippen molar-refractivity contribution >= 4 is 17.3 Å². The van der Waals surface area contributed by atoms with Crippen LogP contribution in [0.4, 0.5) is 0 Å². The van der Waals surface area contributed by atoms with Crippen molar-refractivity contribution in [1.82, 2.24) is 9.78 Å². The molecule has 2 heterocycles. The lowest BCUT2D eigenvalue weighted by Gasteiger charge is -2.03. The van der Waals surface area contributed by atoms with E-state index in [1.54, 1.807) is 17.1 Å². The van der Waals surface area contributed by atoms with Gasteiger partial charge in [0.05, 0.1) is 17.5 Å². The summed E-state index contributed by atoms with van der Waals surface area (Å²) in [5.41, 5.74) is 3.12. The molecule has 0 unspecified atom stereocenters. The minimum absolute atomic E-state index is 0.559. The van der Waals surface area contributed by atoms with Crippen LogP contribution in [-0.4, -0.2) is 16.1 Å². The van der Waals surface area contributed by atoms with Gasteiger partial charge in [-0.3, -0.25) is 9.48 Å². The zero-order chi connectivity index (χ0) is 11.8. The summed E-state index contributed by atoms with van der Waals surface area (Å²) in [5.74, 6) is 0. The van der Waals surface area contributed by atoms with E-state index in [9.17, 15) is 4.79 Å². The van der Waals surface area contributed by atoms with E-state index < -0.39 is 0 Å². The van der Waals surface area contributed by atoms with Crippen LogP contribution in [0.2, 0.25) is 0 Å². The molecule has 2 aromatic heterocycles. The highest BCUT2D eigenvalue weighted by molar-refractivity contribution is 5.97. The molecule has 17 heavy (non-hydrogen) atoms. The Morgan fingerprint density at radius 1 is 1.35 bits per heavy atom. The summed E-state index contributed by atoms with van der Waals surface area (Å²) in [5, 5.41) is 5.04. The van der Waals surface area contributed by atoms with E-state index in [0.717, 1.165) is 22.9 Å². The van der Waals surface area contributed by atoms with Crippen molar-refractivity contribution in [2.75, 3.05) is 0 Å². The second kappa shape index (κ2) is 3.59. The number of benzene rings is 1. The molecule has 4 nitrogen and oxygen atoms in total. The Labute approximate surface area is 97.5 Å². The quantitative estimate of drug-likeness (QED) is 0.631. The molecule has 0 spiro atoms. The SMILES string of the molecule is Cn1nccc1-c1cc(C=O)c2occc2c1. The average molecular weight is 226 g/mol. The summed E-state index contributed by atoms with van der Waals surface area (Å²) < 4.78 is 7.06. The molecule has 3 aromatic rings. The number of carbonyl (C=O) groups excluding carboxylic acids is 1. The number of aryl methyl sites for hydroxylation is 1. The molecule has 84 valence electrons. The third kappa shape index (κ3) is 1.45. The molecule has 0 radical (unpaired) electrons. The largest absolute Gasteiger partial charge is 0.464 e. The van der Waals surface area contributed by atoms with E-state index in [4.69, 9.17) is 4.42 Å². The number of furan rings is 1. The Balaban J connectivity index is 2.31. The number of carbonyl (C=O) groups is 1. The summed E-state index contributed by atoms with van der Waals surface area (Å²) >= 11 is 0. The second-order valence-corrected chi connectivity index (χ2v) is 3.86. The average Bonchev–Trinajstić information content (AvgIpc) is 2.95. The molecule has 0 saturated carbocycles. The van der Waals surface area contributed by atoms with Crippen LogP contribution >= 0.6 is 0 Å². The number of aldehydes is 1. The Hall–Kier alpha value is -2.36. The second-order valence-electron chi connectivity index (χ2n) is 3.86. The topological polar surface area (TPSA) is 48.0 Å². The molecule has 0 N–H and O–H groups in total. The van der Waals surface area contributed by atoms with Gasteiger partial charge in [-0.25, -0.2) is 0 Å². The van der Waals surface area contributed by atoms with Gasteiger partial charge in [0.25, 0.3) is 0 Å². The van der Waals surface area contributed by atoms with Crippen molar-refractivity contribution in [1.29, 1.82) is 0 Å². The highest BCUT2D eigenvalue weighted by atomic mass is 16.3. The third-order valence-electron chi connectivity index (χ3n) is 2.82. The van der Waals surface area contributed by atoms with Crippen LogP contribution in [0.1, 0.15) is 10.4 Å². The van der Waals surface area contributed by atoms with Crippen LogP contribution in [-0.2, 0) is 7.05 Å². The number of fused-ring (bicyclic) bond motifs is 1. The molecular formula is C13H10N2O2. The number of rotatable bonds is 2. The van der Waals surface area contributed by atoms with Crippen molar-refractivity contribution in [2.45, 2.75) is 0 Å². The molecule has 3 rings (SSSR count). The van der Waals surface area contributed by atoms with Crippen molar-refractivity contribution in [3.63, 3.8) is 0 Å². The van der Waals surface area contributed by atoms with Gasteiger partial charge in [-0.2, -0.15) is 5.10 Å². The number of nitrogens with zero attached hydrogens (tertiary/aromatic N) is 2. The van der Waals surface area contributed by atoms with Gasteiger partial charge in [0.2, 0.25) is 0 Å². The summed E-state index contributed by atoms with van der Waals surface area (Å²) in [4.78, 5) is 11.0. The van der Waals surface area contributed by atoms with Crippen LogP contribution in [0.5, 0.6) is 0 Å². The molecule has 0 atom stereocenters. The van der Waals surface area contributed by atoms with E-state index in [1.165, 1.54) is 0 Å². The van der Waals surface area contributed by atoms with E-state index in [0.29, 0.717) is 11.1 Å². The molecule has 1 aromatic carbocycles. The van der Waals surface area contributed by atoms with Gasteiger partial charge in [0.1, 0.15) is 5.58 Å². The van der Waals surface area contributed by atoms with Crippen LogP contribution in [0.15, 0.2) is 41.1 Å². The number of aromatic nitrogens is 2. The van der Waals surface area contributed by atoms with Gasteiger partial charge in [-0.05, 0) is 24.3 Å². The molecule has 0 fully saturated rings. The zero-order valence-corrected chi connectivity index (χ0v) is 9.25. The summed E-state index contributed by atoms with van der Waals surface area (Å²) in [6.45, 7) is 0. The lowest BCUT2D eigenvalue weighted by molar-refractivity contribution is 0.112. The van der Waals surface area contributed by atoms with Crippen LogP contribution < -0.4 is 0 Å². The highest BCUT2D eigenvalue weighted by Crippen LogP contribution is 2.27. The predicted octanol–water partition coefficient (Wildman–Crippen LogP) is 2.65. The number of hydrogen-bond acceptors (Lipinski definition) is 3. The molecule has 4 heteroatoms. The first-order valence-electron chi connectivity index (χ1n) is 5.24. The normalized spacial score (nSPS) is 10.9. The molecule has 0 saturated heterocycles. The van der Waals surface area contributed by atoms with Gasteiger partial charge in [0, 0.05) is 24.2 Å². The smallest absolute Gasteiger partial charge is 0.153 e. The van der Waals surface area contributed by atoms with Crippen molar-refractivity contribution in [2.24, 2.45) is 7.05 Å². The Morgan fingerprint density at radius 2 is 2.24 bits per heavy atom. The minimum atomic E-state index is 0.559. The predicted molar refractivity (Wildman–Crippen MR) is 63.8 cm³/mol. The maximum atomic E-state index is 11.0. The van der Waals surface area contributed by atoms with Gasteiger partial charge >= 0.3 is 0 Å². The fraction of sp³-hybridized carbons (Fsp3) is 0.0769. The fourth-order valence-corrected chi connectivity index (χ4v) is 2.00. The lowest BCUT2D eigenvalue weighted by atomic mass is 10.1. The Bertz CT molecular complexity index is 694. The standard InChI is InChI=1S/C13H10N2O2/c1-15-12(2-4-14-15)10-6-9-3-5-17-13(9)11(7-10)8-16/h2-8H,1H3. The summed E-state index contributed by atoms with van der Waals surface area (Å²) in [6, 6.07) is 7.57. The van der Waals surface area contributed by atoms with Crippen molar-refractivity contribution in [3.8, 4) is 11.3 Å². The summed E-state index contributed by atoms with van der Waals surface area (Å²) in [7, 11) is 1.87.